The highest BCUT2D eigenvalue weighted by molar-refractivity contribution is 7.99. The molecule has 2 fully saturated rings. The van der Waals surface area contributed by atoms with E-state index in [-0.39, 0.29) is 30.0 Å². The number of nitrogens with zero attached hydrogens (tertiary/aromatic N) is 1. The number of amides is 2. The topological polar surface area (TPSA) is 104 Å². The summed E-state index contributed by atoms with van der Waals surface area (Å²) in [4.78, 5) is 24.8. The molecule has 2 rings (SSSR count). The fourth-order valence-corrected chi connectivity index (χ4v) is 5.89. The number of aliphatic carboxylic acids is 1. The number of rotatable bonds is 3. The first-order chi connectivity index (χ1) is 9.71. The Hall–Kier alpha value is -0.960. The number of urea groups is 1. The highest BCUT2D eigenvalue weighted by atomic mass is 32.2. The zero-order valence-corrected chi connectivity index (χ0v) is 13.5. The average molecular weight is 336 g/mol. The fourth-order valence-electron chi connectivity index (χ4n) is 2.73. The smallest absolute Gasteiger partial charge is 0.318 e. The van der Waals surface area contributed by atoms with Crippen molar-refractivity contribution in [3.05, 3.63) is 0 Å². The third kappa shape index (κ3) is 4.26. The van der Waals surface area contributed by atoms with Gasteiger partial charge in [0.15, 0.2) is 9.84 Å². The molecule has 7 nitrogen and oxygen atoms in total. The Bertz CT molecular complexity index is 536. The normalized spacial score (nSPS) is 31.9. The second-order valence-electron chi connectivity index (χ2n) is 5.85. The molecule has 0 radical (unpaired) electrons. The molecule has 2 atom stereocenters. The third-order valence-corrected chi connectivity index (χ3v) is 6.81. The molecule has 2 N–H and O–H groups in total. The van der Waals surface area contributed by atoms with Crippen molar-refractivity contribution in [3.8, 4) is 0 Å². The number of carboxylic acids is 1. The Labute approximate surface area is 128 Å². The van der Waals surface area contributed by atoms with Crippen LogP contribution in [0.3, 0.4) is 0 Å². The van der Waals surface area contributed by atoms with Gasteiger partial charge in [-0.3, -0.25) is 4.79 Å². The quantitative estimate of drug-likeness (QED) is 0.761. The van der Waals surface area contributed by atoms with Crippen LogP contribution in [-0.2, 0) is 14.6 Å². The second-order valence-corrected chi connectivity index (χ2v) is 9.19. The van der Waals surface area contributed by atoms with E-state index in [0.29, 0.717) is 18.7 Å². The van der Waals surface area contributed by atoms with Crippen molar-refractivity contribution in [2.45, 2.75) is 31.3 Å². The molecule has 0 aromatic rings. The fraction of sp³-hybridized carbons (Fsp3) is 0.833. The van der Waals surface area contributed by atoms with Crippen molar-refractivity contribution in [1.82, 2.24) is 10.2 Å². The van der Waals surface area contributed by atoms with Gasteiger partial charge in [-0.1, -0.05) is 0 Å². The highest BCUT2D eigenvalue weighted by Gasteiger charge is 2.41. The summed E-state index contributed by atoms with van der Waals surface area (Å²) in [5, 5.41) is 11.7. The molecule has 2 aliphatic heterocycles. The zero-order chi connectivity index (χ0) is 15.7. The summed E-state index contributed by atoms with van der Waals surface area (Å²) in [5.41, 5.74) is -0.756. The van der Waals surface area contributed by atoms with Crippen LogP contribution in [-0.4, -0.2) is 71.6 Å². The minimum Gasteiger partial charge on any atom is -0.481 e. The number of carbonyl (C=O) groups is 2. The number of carboxylic acid groups (broad SMARTS) is 1. The van der Waals surface area contributed by atoms with Crippen LogP contribution in [0.25, 0.3) is 0 Å². The molecule has 0 saturated carbocycles. The first-order valence-electron chi connectivity index (χ1n) is 6.80. The standard InChI is InChI=1S/C12H20N2O5S2/c1-12(2-5-21(18,19)8-12)13-11(17)14-3-4-20-7-9(14)6-10(15)16/h9H,2-8H2,1H3,(H,13,17)(H,15,16). The zero-order valence-electron chi connectivity index (χ0n) is 11.9. The van der Waals surface area contributed by atoms with Crippen LogP contribution in [0.1, 0.15) is 19.8 Å². The molecule has 0 aromatic heterocycles. The van der Waals surface area contributed by atoms with Crippen molar-refractivity contribution in [2.75, 3.05) is 29.6 Å². The molecule has 2 heterocycles. The van der Waals surface area contributed by atoms with E-state index in [0.717, 1.165) is 5.75 Å². The van der Waals surface area contributed by atoms with E-state index in [1.54, 1.807) is 18.7 Å². The van der Waals surface area contributed by atoms with Gasteiger partial charge >= 0.3 is 12.0 Å². The Morgan fingerprint density at radius 1 is 1.48 bits per heavy atom. The average Bonchev–Trinajstić information content (AvgIpc) is 2.63. The number of nitrogens with one attached hydrogen (secondary N) is 1. The van der Waals surface area contributed by atoms with Crippen molar-refractivity contribution in [3.63, 3.8) is 0 Å². The van der Waals surface area contributed by atoms with Crippen molar-refractivity contribution < 1.29 is 23.1 Å². The summed E-state index contributed by atoms with van der Waals surface area (Å²) < 4.78 is 23.1. The molecule has 120 valence electrons. The Morgan fingerprint density at radius 3 is 2.76 bits per heavy atom. The van der Waals surface area contributed by atoms with E-state index in [1.165, 1.54) is 4.90 Å². The van der Waals surface area contributed by atoms with Crippen LogP contribution in [0.2, 0.25) is 0 Å². The van der Waals surface area contributed by atoms with E-state index >= 15 is 0 Å². The third-order valence-electron chi connectivity index (χ3n) is 3.81. The van der Waals surface area contributed by atoms with Crippen molar-refractivity contribution >= 4 is 33.6 Å². The van der Waals surface area contributed by atoms with Gasteiger partial charge in [0.05, 0.1) is 29.5 Å². The minimum atomic E-state index is -3.09. The number of carbonyl (C=O) groups excluding carboxylic acids is 1. The second kappa shape index (κ2) is 6.04. The predicted octanol–water partition coefficient (Wildman–Crippen LogP) is 0.165. The monoisotopic (exact) mass is 336 g/mol. The summed E-state index contributed by atoms with van der Waals surface area (Å²) in [6.45, 7) is 2.21. The lowest BCUT2D eigenvalue weighted by Crippen LogP contribution is -2.57. The molecular formula is C12H20N2O5S2. The van der Waals surface area contributed by atoms with Crippen LogP contribution in [0, 0.1) is 0 Å². The maximum atomic E-state index is 12.4. The summed E-state index contributed by atoms with van der Waals surface area (Å²) in [7, 11) is -3.09. The van der Waals surface area contributed by atoms with Crippen LogP contribution in [0.5, 0.6) is 0 Å². The summed E-state index contributed by atoms with van der Waals surface area (Å²) in [5.74, 6) is 0.443. The number of hydrogen-bond donors (Lipinski definition) is 2. The van der Waals surface area contributed by atoms with Gasteiger partial charge in [-0.15, -0.1) is 0 Å². The maximum Gasteiger partial charge on any atom is 0.318 e. The van der Waals surface area contributed by atoms with Gasteiger partial charge in [0, 0.05) is 18.1 Å². The highest BCUT2D eigenvalue weighted by Crippen LogP contribution is 2.25. The maximum absolute atomic E-state index is 12.4. The van der Waals surface area contributed by atoms with Gasteiger partial charge in [0.1, 0.15) is 0 Å². The lowest BCUT2D eigenvalue weighted by Gasteiger charge is -2.37. The first kappa shape index (κ1) is 16.4. The lowest BCUT2D eigenvalue weighted by atomic mass is 10.0. The van der Waals surface area contributed by atoms with Crippen LogP contribution >= 0.6 is 11.8 Å². The minimum absolute atomic E-state index is 0.0576. The number of sulfone groups is 1. The number of hydrogen-bond acceptors (Lipinski definition) is 5. The van der Waals surface area contributed by atoms with Gasteiger partial charge in [0.25, 0.3) is 0 Å². The predicted molar refractivity (Wildman–Crippen MR) is 80.3 cm³/mol. The molecule has 0 spiro atoms. The molecule has 0 aromatic carbocycles. The molecule has 21 heavy (non-hydrogen) atoms. The Morgan fingerprint density at radius 2 is 2.19 bits per heavy atom. The molecular weight excluding hydrogens is 316 g/mol. The summed E-state index contributed by atoms with van der Waals surface area (Å²) in [6, 6.07) is -0.705. The van der Waals surface area contributed by atoms with Crippen LogP contribution in [0.15, 0.2) is 0 Å². The van der Waals surface area contributed by atoms with E-state index in [2.05, 4.69) is 5.32 Å². The van der Waals surface area contributed by atoms with Gasteiger partial charge in [-0.25, -0.2) is 13.2 Å². The summed E-state index contributed by atoms with van der Waals surface area (Å²) >= 11 is 1.63. The first-order valence-corrected chi connectivity index (χ1v) is 9.77. The Balaban J connectivity index is 2.02. The van der Waals surface area contributed by atoms with Gasteiger partial charge in [0.2, 0.25) is 0 Å². The van der Waals surface area contributed by atoms with E-state index < -0.39 is 21.3 Å². The van der Waals surface area contributed by atoms with Gasteiger partial charge in [-0.2, -0.15) is 11.8 Å². The molecule has 9 heteroatoms. The molecule has 0 bridgehead atoms. The molecule has 2 saturated heterocycles. The van der Waals surface area contributed by atoms with E-state index in [9.17, 15) is 18.0 Å². The SMILES string of the molecule is CC1(NC(=O)N2CCSCC2CC(=O)O)CCS(=O)(=O)C1. The molecule has 2 amide bonds. The van der Waals surface area contributed by atoms with E-state index in [4.69, 9.17) is 5.11 Å². The largest absolute Gasteiger partial charge is 0.481 e. The molecule has 2 aliphatic rings. The lowest BCUT2D eigenvalue weighted by molar-refractivity contribution is -0.138. The van der Waals surface area contributed by atoms with Gasteiger partial charge < -0.3 is 15.3 Å². The number of thioether (sulfide) groups is 1. The van der Waals surface area contributed by atoms with Crippen molar-refractivity contribution in [1.29, 1.82) is 0 Å². The van der Waals surface area contributed by atoms with Crippen LogP contribution < -0.4 is 5.32 Å². The molecule has 0 aliphatic carbocycles. The Kier molecular flexibility index (Phi) is 4.72. The van der Waals surface area contributed by atoms with Crippen molar-refractivity contribution in [2.24, 2.45) is 0 Å². The van der Waals surface area contributed by atoms with E-state index in [1.807, 2.05) is 0 Å². The summed E-state index contributed by atoms with van der Waals surface area (Å²) in [6.07, 6.45) is 0.308. The van der Waals surface area contributed by atoms with Gasteiger partial charge in [-0.05, 0) is 13.3 Å². The molecule has 2 unspecified atom stereocenters. The van der Waals surface area contributed by atoms with Crippen LogP contribution in [0.4, 0.5) is 4.79 Å².